The summed E-state index contributed by atoms with van der Waals surface area (Å²) in [4.78, 5) is 12.5. The molecule has 0 aromatic rings. The molecular formula is C26H48N4O9. The molecule has 1 saturated carbocycles. The second-order valence-corrected chi connectivity index (χ2v) is 11.9. The molecule has 39 heavy (non-hydrogen) atoms. The van der Waals surface area contributed by atoms with Crippen molar-refractivity contribution in [1.29, 1.82) is 0 Å². The number of aliphatic hydroxyl groups is 3. The van der Waals surface area contributed by atoms with Gasteiger partial charge in [-0.05, 0) is 59.6 Å². The molecule has 0 radical (unpaired) electrons. The number of carbonyl (C=O) groups excluding carboxylic acids is 1. The van der Waals surface area contributed by atoms with Gasteiger partial charge in [-0.2, -0.15) is 0 Å². The average Bonchev–Trinajstić information content (AvgIpc) is 2.84. The molecule has 0 aromatic carbocycles. The highest BCUT2D eigenvalue weighted by Crippen LogP contribution is 2.35. The monoisotopic (exact) mass is 560 g/mol. The van der Waals surface area contributed by atoms with Crippen LogP contribution in [0.2, 0.25) is 0 Å². The molecule has 1 saturated heterocycles. The second-order valence-electron chi connectivity index (χ2n) is 11.9. The van der Waals surface area contributed by atoms with E-state index in [0.717, 1.165) is 0 Å². The minimum absolute atomic E-state index is 0.0854. The molecule has 0 aromatic heterocycles. The van der Waals surface area contributed by atoms with Gasteiger partial charge in [-0.3, -0.25) is 0 Å². The van der Waals surface area contributed by atoms with E-state index < -0.39 is 72.4 Å². The number of amides is 1. The highest BCUT2D eigenvalue weighted by molar-refractivity contribution is 5.68. The topological polar surface area (TPSA) is 200 Å². The molecule has 3 rings (SSSR count). The summed E-state index contributed by atoms with van der Waals surface area (Å²) < 4.78 is 29.4. The van der Waals surface area contributed by atoms with E-state index in [0.29, 0.717) is 25.0 Å². The summed E-state index contributed by atoms with van der Waals surface area (Å²) in [5.41, 5.74) is 10.2. The molecule has 226 valence electrons. The van der Waals surface area contributed by atoms with Gasteiger partial charge in [-0.15, -0.1) is 0 Å². The number of hydrogen-bond acceptors (Lipinski definition) is 12. The number of aliphatic hydroxyl groups excluding tert-OH is 2. The molecule has 2 aliphatic heterocycles. The zero-order chi connectivity index (χ0) is 29.1. The highest BCUT2D eigenvalue weighted by Gasteiger charge is 2.51. The third-order valence-electron chi connectivity index (χ3n) is 7.48. The SMILES string of the molecule is CC[C@H]1C[C@@H](N)[C@H](O[C@H]2OC[C@](C)(O)[C@H](NC)[C@H]2O)[C@@H](O)[C@@H]1O[C@H]1OC(CN)=CC[C@H]1NC(=O)OC(C)(C)C. The minimum Gasteiger partial charge on any atom is -0.466 e. The molecule has 0 spiro atoms. The van der Waals surface area contributed by atoms with Crippen LogP contribution >= 0.6 is 0 Å². The Bertz CT molecular complexity index is 852. The van der Waals surface area contributed by atoms with Crippen LogP contribution in [0.25, 0.3) is 0 Å². The number of alkyl carbamates (subject to hydrolysis) is 1. The van der Waals surface area contributed by atoms with Crippen molar-refractivity contribution in [3.05, 3.63) is 11.8 Å². The summed E-state index contributed by atoms with van der Waals surface area (Å²) in [6.45, 7) is 8.89. The first-order chi connectivity index (χ1) is 18.2. The molecular weight excluding hydrogens is 512 g/mol. The standard InChI is InChI=1S/C26H48N4O9/c1-7-13-10-15(28)20(38-23-18(32)21(29-6)26(5,34)12-35-23)17(31)19(13)37-22-16(9-8-14(11-27)36-22)30-24(33)39-25(2,3)4/h8,13,15-23,29,31-32,34H,7,9-12,27-28H2,1-6H3,(H,30,33)/t13-,15+,16+,17-,18+,19+,20-,21+,22+,23+,26-/m0/s1. The Balaban J connectivity index is 1.77. The maximum absolute atomic E-state index is 12.5. The van der Waals surface area contributed by atoms with Gasteiger partial charge >= 0.3 is 6.09 Å². The first kappa shape index (κ1) is 32.0. The van der Waals surface area contributed by atoms with Gasteiger partial charge in [0.2, 0.25) is 6.29 Å². The third-order valence-corrected chi connectivity index (χ3v) is 7.48. The van der Waals surface area contributed by atoms with E-state index >= 15 is 0 Å². The van der Waals surface area contributed by atoms with Gasteiger partial charge in [-0.1, -0.05) is 13.3 Å². The van der Waals surface area contributed by atoms with Gasteiger partial charge in [0.05, 0.1) is 31.3 Å². The van der Waals surface area contributed by atoms with E-state index in [1.165, 1.54) is 0 Å². The molecule has 1 aliphatic carbocycles. The van der Waals surface area contributed by atoms with Crippen molar-refractivity contribution >= 4 is 6.09 Å². The predicted molar refractivity (Wildman–Crippen MR) is 141 cm³/mol. The van der Waals surface area contributed by atoms with Crippen LogP contribution in [0.5, 0.6) is 0 Å². The van der Waals surface area contributed by atoms with Crippen LogP contribution in [0.15, 0.2) is 11.8 Å². The Hall–Kier alpha value is -1.55. The maximum atomic E-state index is 12.5. The predicted octanol–water partition coefficient (Wildman–Crippen LogP) is -0.587. The Morgan fingerprint density at radius 3 is 2.46 bits per heavy atom. The molecule has 1 amide bonds. The summed E-state index contributed by atoms with van der Waals surface area (Å²) in [5, 5.41) is 38.6. The molecule has 9 N–H and O–H groups in total. The van der Waals surface area contributed by atoms with E-state index in [4.69, 9.17) is 35.2 Å². The van der Waals surface area contributed by atoms with E-state index in [-0.39, 0.29) is 19.1 Å². The van der Waals surface area contributed by atoms with Gasteiger partial charge in [0.25, 0.3) is 0 Å². The van der Waals surface area contributed by atoms with Gasteiger partial charge in [0.15, 0.2) is 6.29 Å². The first-order valence-corrected chi connectivity index (χ1v) is 13.7. The van der Waals surface area contributed by atoms with Crippen LogP contribution in [0.1, 0.15) is 53.9 Å². The van der Waals surface area contributed by atoms with Crippen LogP contribution in [0.3, 0.4) is 0 Å². The van der Waals surface area contributed by atoms with Crippen molar-refractivity contribution in [3.8, 4) is 0 Å². The quantitative estimate of drug-likeness (QED) is 0.199. The Morgan fingerprint density at radius 1 is 1.21 bits per heavy atom. The fourth-order valence-corrected chi connectivity index (χ4v) is 5.47. The van der Waals surface area contributed by atoms with Crippen LogP contribution in [-0.4, -0.2) is 108 Å². The van der Waals surface area contributed by atoms with Crippen molar-refractivity contribution in [2.75, 3.05) is 20.2 Å². The van der Waals surface area contributed by atoms with Crippen molar-refractivity contribution in [3.63, 3.8) is 0 Å². The van der Waals surface area contributed by atoms with Gasteiger partial charge in [0.1, 0.15) is 35.3 Å². The zero-order valence-electron chi connectivity index (χ0n) is 23.8. The molecule has 3 aliphatic rings. The van der Waals surface area contributed by atoms with E-state index in [9.17, 15) is 20.1 Å². The van der Waals surface area contributed by atoms with E-state index in [1.54, 1.807) is 40.8 Å². The summed E-state index contributed by atoms with van der Waals surface area (Å²) in [5.74, 6) is 0.366. The summed E-state index contributed by atoms with van der Waals surface area (Å²) in [6.07, 6.45) is -3.54. The molecule has 0 unspecified atom stereocenters. The van der Waals surface area contributed by atoms with Crippen LogP contribution in [0, 0.1) is 5.92 Å². The highest BCUT2D eigenvalue weighted by atomic mass is 16.7. The fraction of sp³-hybridized carbons (Fsp3) is 0.885. The van der Waals surface area contributed by atoms with Gasteiger partial charge in [0, 0.05) is 6.04 Å². The van der Waals surface area contributed by atoms with Crippen molar-refractivity contribution in [2.45, 2.75) is 120 Å². The van der Waals surface area contributed by atoms with Crippen LogP contribution in [-0.2, 0) is 23.7 Å². The van der Waals surface area contributed by atoms with Crippen LogP contribution in [0.4, 0.5) is 4.79 Å². The van der Waals surface area contributed by atoms with E-state index in [1.807, 2.05) is 6.92 Å². The lowest BCUT2D eigenvalue weighted by atomic mass is 9.78. The van der Waals surface area contributed by atoms with E-state index in [2.05, 4.69) is 10.6 Å². The lowest BCUT2D eigenvalue weighted by Crippen LogP contribution is -2.67. The third kappa shape index (κ3) is 7.80. The summed E-state index contributed by atoms with van der Waals surface area (Å²) in [7, 11) is 1.62. The fourth-order valence-electron chi connectivity index (χ4n) is 5.47. The Kier molecular flexibility index (Phi) is 10.6. The molecule has 2 fully saturated rings. The molecule has 13 nitrogen and oxygen atoms in total. The number of rotatable bonds is 8. The van der Waals surface area contributed by atoms with Crippen molar-refractivity contribution in [2.24, 2.45) is 17.4 Å². The summed E-state index contributed by atoms with van der Waals surface area (Å²) in [6, 6.07) is -1.89. The number of hydrogen-bond donors (Lipinski definition) is 7. The zero-order valence-corrected chi connectivity index (χ0v) is 23.8. The first-order valence-electron chi connectivity index (χ1n) is 13.7. The molecule has 2 heterocycles. The molecule has 11 atom stereocenters. The number of nitrogens with two attached hydrogens (primary N) is 2. The average molecular weight is 561 g/mol. The second kappa shape index (κ2) is 13.0. The minimum atomic E-state index is -1.32. The maximum Gasteiger partial charge on any atom is 0.408 e. The smallest absolute Gasteiger partial charge is 0.408 e. The van der Waals surface area contributed by atoms with Crippen molar-refractivity contribution in [1.82, 2.24) is 10.6 Å². The van der Waals surface area contributed by atoms with Crippen molar-refractivity contribution < 1.29 is 43.8 Å². The number of carbonyl (C=O) groups is 1. The number of ether oxygens (including phenoxy) is 5. The van der Waals surface area contributed by atoms with Crippen LogP contribution < -0.4 is 22.1 Å². The Labute approximate surface area is 230 Å². The van der Waals surface area contributed by atoms with Gasteiger partial charge < -0.3 is 61.1 Å². The number of nitrogens with one attached hydrogen (secondary N) is 2. The number of likely N-dealkylation sites (N-methyl/N-ethyl adjacent to an activating group) is 1. The van der Waals surface area contributed by atoms with Gasteiger partial charge in [-0.25, -0.2) is 4.79 Å². The lowest BCUT2D eigenvalue weighted by molar-refractivity contribution is -0.306. The normalized spacial score (nSPS) is 41.4. The lowest BCUT2D eigenvalue weighted by Gasteiger charge is -2.48. The molecule has 0 bridgehead atoms. The summed E-state index contributed by atoms with van der Waals surface area (Å²) >= 11 is 0. The largest absolute Gasteiger partial charge is 0.466 e. The Morgan fingerprint density at radius 2 is 1.87 bits per heavy atom. The molecule has 13 heteroatoms.